The van der Waals surface area contributed by atoms with Crippen molar-refractivity contribution < 1.29 is 4.79 Å². The molecule has 1 aromatic carbocycles. The summed E-state index contributed by atoms with van der Waals surface area (Å²) in [6.07, 6.45) is 1.73. The lowest BCUT2D eigenvalue weighted by molar-refractivity contribution is 0.102. The van der Waals surface area contributed by atoms with Crippen LogP contribution in [-0.4, -0.2) is 16.1 Å². The monoisotopic (exact) mass is 329 g/mol. The number of hydrogen-bond donors (Lipinski definition) is 0. The third-order valence-electron chi connectivity index (χ3n) is 2.07. The highest BCUT2D eigenvalue weighted by Gasteiger charge is 2.07. The van der Waals surface area contributed by atoms with Gasteiger partial charge in [-0.15, -0.1) is 17.0 Å². The lowest BCUT2D eigenvalue weighted by Crippen LogP contribution is -2.00. The summed E-state index contributed by atoms with van der Waals surface area (Å²) >= 11 is 3.17. The lowest BCUT2D eigenvalue weighted by atomic mass is 10.1. The van der Waals surface area contributed by atoms with Crippen LogP contribution in [0.2, 0.25) is 0 Å². The second-order valence-electron chi connectivity index (χ2n) is 2.93. The van der Waals surface area contributed by atoms with E-state index in [1.54, 1.807) is 6.20 Å². The number of halogens is 2. The van der Waals surface area contributed by atoms with Gasteiger partial charge in [0.2, 0.25) is 0 Å². The van der Waals surface area contributed by atoms with Gasteiger partial charge < -0.3 is 0 Å². The Balaban J connectivity index is 0.00000112. The SMILES string of the molecule is Br.O=C(CBr)c1cccc2ncccc12. The van der Waals surface area contributed by atoms with Gasteiger partial charge in [0.15, 0.2) is 5.78 Å². The molecule has 2 aromatic rings. The van der Waals surface area contributed by atoms with E-state index in [0.717, 1.165) is 16.5 Å². The predicted octanol–water partition coefficient (Wildman–Crippen LogP) is 3.39. The van der Waals surface area contributed by atoms with Crippen LogP contribution in [0, 0.1) is 0 Å². The first-order valence-corrected chi connectivity index (χ1v) is 5.38. The standard InChI is InChI=1S/C11H8BrNO.BrH/c12-7-11(14)9-3-1-5-10-8(9)4-2-6-13-10;/h1-6H,7H2;1H. The molecule has 0 spiro atoms. The van der Waals surface area contributed by atoms with E-state index in [1.807, 2.05) is 30.3 Å². The van der Waals surface area contributed by atoms with Crippen LogP contribution < -0.4 is 0 Å². The van der Waals surface area contributed by atoms with E-state index < -0.39 is 0 Å². The van der Waals surface area contributed by atoms with Crippen molar-refractivity contribution in [2.45, 2.75) is 0 Å². The highest BCUT2D eigenvalue weighted by Crippen LogP contribution is 2.17. The number of rotatable bonds is 2. The molecule has 0 aliphatic carbocycles. The summed E-state index contributed by atoms with van der Waals surface area (Å²) in [5, 5.41) is 1.26. The number of carbonyl (C=O) groups is 1. The number of carbonyl (C=O) groups excluding carboxylic acids is 1. The normalized spacial score (nSPS) is 9.67. The number of hydrogen-bond acceptors (Lipinski definition) is 2. The van der Waals surface area contributed by atoms with Crippen LogP contribution in [0.4, 0.5) is 0 Å². The number of ketones is 1. The first-order chi connectivity index (χ1) is 6.83. The van der Waals surface area contributed by atoms with Gasteiger partial charge in [-0.05, 0) is 12.1 Å². The minimum absolute atomic E-state index is 0. The zero-order valence-corrected chi connectivity index (χ0v) is 11.1. The van der Waals surface area contributed by atoms with Crippen molar-refractivity contribution in [1.29, 1.82) is 0 Å². The molecule has 0 amide bonds. The summed E-state index contributed by atoms with van der Waals surface area (Å²) in [5.74, 6) is 0.0867. The van der Waals surface area contributed by atoms with Gasteiger partial charge in [0, 0.05) is 17.1 Å². The molecule has 0 saturated heterocycles. The zero-order chi connectivity index (χ0) is 9.97. The molecule has 1 aromatic heterocycles. The van der Waals surface area contributed by atoms with Gasteiger partial charge in [-0.2, -0.15) is 0 Å². The van der Waals surface area contributed by atoms with E-state index in [1.165, 1.54) is 0 Å². The van der Waals surface area contributed by atoms with Gasteiger partial charge in [0.25, 0.3) is 0 Å². The van der Waals surface area contributed by atoms with Crippen molar-refractivity contribution in [2.24, 2.45) is 0 Å². The maximum Gasteiger partial charge on any atom is 0.174 e. The van der Waals surface area contributed by atoms with E-state index in [9.17, 15) is 4.79 Å². The van der Waals surface area contributed by atoms with Crippen LogP contribution in [0.5, 0.6) is 0 Å². The maximum absolute atomic E-state index is 11.6. The van der Waals surface area contributed by atoms with Crippen molar-refractivity contribution >= 4 is 49.6 Å². The topological polar surface area (TPSA) is 30.0 Å². The molecule has 2 nitrogen and oxygen atoms in total. The summed E-state index contributed by atoms with van der Waals surface area (Å²) < 4.78 is 0. The molecule has 15 heavy (non-hydrogen) atoms. The fourth-order valence-corrected chi connectivity index (χ4v) is 1.72. The maximum atomic E-state index is 11.6. The van der Waals surface area contributed by atoms with Crippen LogP contribution in [0.3, 0.4) is 0 Å². The van der Waals surface area contributed by atoms with Crippen LogP contribution in [0.25, 0.3) is 10.9 Å². The zero-order valence-electron chi connectivity index (χ0n) is 7.81. The number of alkyl halides is 1. The Hall–Kier alpha value is -0.740. The average molecular weight is 331 g/mol. The van der Waals surface area contributed by atoms with E-state index in [4.69, 9.17) is 0 Å². The summed E-state index contributed by atoms with van der Waals surface area (Å²) in [4.78, 5) is 15.7. The molecule has 0 atom stereocenters. The molecular formula is C11H9Br2NO. The van der Waals surface area contributed by atoms with Crippen LogP contribution >= 0.6 is 32.9 Å². The third kappa shape index (κ3) is 2.44. The van der Waals surface area contributed by atoms with Crippen LogP contribution in [0.15, 0.2) is 36.5 Å². The minimum atomic E-state index is 0. The molecule has 0 bridgehead atoms. The van der Waals surface area contributed by atoms with Gasteiger partial charge in [-0.3, -0.25) is 9.78 Å². The van der Waals surface area contributed by atoms with Gasteiger partial charge in [0.1, 0.15) is 0 Å². The number of fused-ring (bicyclic) bond motifs is 1. The molecular weight excluding hydrogens is 322 g/mol. The highest BCUT2D eigenvalue weighted by atomic mass is 79.9. The van der Waals surface area contributed by atoms with Gasteiger partial charge in [-0.25, -0.2) is 0 Å². The lowest BCUT2D eigenvalue weighted by Gasteiger charge is -2.02. The molecule has 0 aliphatic rings. The van der Waals surface area contributed by atoms with E-state index in [0.29, 0.717) is 5.33 Å². The second-order valence-corrected chi connectivity index (χ2v) is 3.49. The van der Waals surface area contributed by atoms with Crippen molar-refractivity contribution in [3.63, 3.8) is 0 Å². The summed E-state index contributed by atoms with van der Waals surface area (Å²) in [6.45, 7) is 0. The number of pyridine rings is 1. The fraction of sp³-hybridized carbons (Fsp3) is 0.0909. The van der Waals surface area contributed by atoms with Crippen molar-refractivity contribution in [3.05, 3.63) is 42.1 Å². The first kappa shape index (κ1) is 12.3. The van der Waals surface area contributed by atoms with Crippen molar-refractivity contribution in [3.8, 4) is 0 Å². The molecule has 2 rings (SSSR count). The Bertz CT molecular complexity index is 479. The highest BCUT2D eigenvalue weighted by molar-refractivity contribution is 9.09. The van der Waals surface area contributed by atoms with Crippen molar-refractivity contribution in [1.82, 2.24) is 4.98 Å². The number of aromatic nitrogens is 1. The Labute approximate surface area is 107 Å². The quantitative estimate of drug-likeness (QED) is 0.624. The van der Waals surface area contributed by atoms with E-state index in [2.05, 4.69) is 20.9 Å². The summed E-state index contributed by atoms with van der Waals surface area (Å²) in [7, 11) is 0. The number of Topliss-reactive ketones (excluding diaryl/α,β-unsaturated/α-hetero) is 1. The van der Waals surface area contributed by atoms with Crippen molar-refractivity contribution in [2.75, 3.05) is 5.33 Å². The van der Waals surface area contributed by atoms with E-state index in [-0.39, 0.29) is 22.8 Å². The summed E-state index contributed by atoms with van der Waals surface area (Å²) in [6, 6.07) is 9.34. The Morgan fingerprint density at radius 3 is 2.80 bits per heavy atom. The van der Waals surface area contributed by atoms with Gasteiger partial charge in [0.05, 0.1) is 10.8 Å². The average Bonchev–Trinajstić information content (AvgIpc) is 2.27. The first-order valence-electron chi connectivity index (χ1n) is 4.26. The molecule has 0 N–H and O–H groups in total. The smallest absolute Gasteiger partial charge is 0.174 e. The molecule has 0 saturated carbocycles. The molecule has 0 aliphatic heterocycles. The van der Waals surface area contributed by atoms with E-state index >= 15 is 0 Å². The Morgan fingerprint density at radius 1 is 1.27 bits per heavy atom. The molecule has 0 fully saturated rings. The molecule has 1 heterocycles. The third-order valence-corrected chi connectivity index (χ3v) is 2.58. The molecule has 4 heteroatoms. The largest absolute Gasteiger partial charge is 0.293 e. The van der Waals surface area contributed by atoms with Crippen LogP contribution in [-0.2, 0) is 0 Å². The summed E-state index contributed by atoms with van der Waals surface area (Å²) in [5.41, 5.74) is 1.59. The van der Waals surface area contributed by atoms with Gasteiger partial charge >= 0.3 is 0 Å². The predicted molar refractivity (Wildman–Crippen MR) is 70.2 cm³/mol. The Morgan fingerprint density at radius 2 is 2.07 bits per heavy atom. The van der Waals surface area contributed by atoms with Crippen LogP contribution in [0.1, 0.15) is 10.4 Å². The Kier molecular flexibility index (Phi) is 4.42. The fourth-order valence-electron chi connectivity index (χ4n) is 1.42. The number of nitrogens with zero attached hydrogens (tertiary/aromatic N) is 1. The number of benzene rings is 1. The molecule has 0 unspecified atom stereocenters. The minimum Gasteiger partial charge on any atom is -0.293 e. The van der Waals surface area contributed by atoms with Gasteiger partial charge in [-0.1, -0.05) is 34.1 Å². The second kappa shape index (κ2) is 5.37. The molecule has 78 valence electrons. The molecule has 0 radical (unpaired) electrons.